The Hall–Kier alpha value is 0.150. The van der Waals surface area contributed by atoms with Crippen LogP contribution in [0, 0.1) is 5.92 Å². The zero-order chi connectivity index (χ0) is 13.5. The van der Waals surface area contributed by atoms with Crippen LogP contribution < -0.4 is 5.73 Å². The maximum Gasteiger partial charge on any atom is 0.245 e. The molecule has 4 nitrogen and oxygen atoms in total. The summed E-state index contributed by atoms with van der Waals surface area (Å²) in [6.45, 7) is 2.71. The lowest BCUT2D eigenvalue weighted by molar-refractivity contribution is 0.464. The fourth-order valence-electron chi connectivity index (χ4n) is 2.00. The first kappa shape index (κ1) is 17.2. The minimum Gasteiger partial charge on any atom is -0.326 e. The molecule has 0 amide bonds. The van der Waals surface area contributed by atoms with Gasteiger partial charge in [-0.05, 0) is 34.0 Å². The second kappa shape index (κ2) is 6.28. The average molecular weight is 390 g/mol. The van der Waals surface area contributed by atoms with Crippen molar-refractivity contribution < 1.29 is 8.42 Å². The number of sulfonamides is 1. The van der Waals surface area contributed by atoms with Gasteiger partial charge in [-0.3, -0.25) is 0 Å². The molecule has 2 unspecified atom stereocenters. The highest BCUT2D eigenvalue weighted by Gasteiger charge is 2.37. The van der Waals surface area contributed by atoms with Crippen LogP contribution in [0.15, 0.2) is 27.6 Å². The molecule has 2 rings (SSSR count). The molecule has 1 aliphatic rings. The Kier molecular flexibility index (Phi) is 5.69. The average Bonchev–Trinajstić information content (AvgIpc) is 2.59. The molecule has 2 atom stereocenters. The Morgan fingerprint density at radius 3 is 2.53 bits per heavy atom. The lowest BCUT2D eigenvalue weighted by Gasteiger charge is -2.18. The zero-order valence-electron chi connectivity index (χ0n) is 10.2. The fraction of sp³-hybridized carbons (Fsp3) is 0.455. The number of nitrogens with zero attached hydrogens (tertiary/aromatic N) is 1. The molecule has 1 aromatic rings. The topological polar surface area (TPSA) is 63.4 Å². The summed E-state index contributed by atoms with van der Waals surface area (Å²) in [5.74, 6) is 0.154. The largest absolute Gasteiger partial charge is 0.326 e. The van der Waals surface area contributed by atoms with E-state index in [9.17, 15) is 8.42 Å². The van der Waals surface area contributed by atoms with E-state index >= 15 is 0 Å². The van der Waals surface area contributed by atoms with Gasteiger partial charge in [0.1, 0.15) is 4.90 Å². The van der Waals surface area contributed by atoms with Crippen LogP contribution in [-0.2, 0) is 10.0 Å². The summed E-state index contributed by atoms with van der Waals surface area (Å²) in [6, 6.07) is 4.81. The Morgan fingerprint density at radius 2 is 2.05 bits per heavy atom. The fourth-order valence-corrected chi connectivity index (χ4v) is 5.25. The van der Waals surface area contributed by atoms with E-state index < -0.39 is 10.0 Å². The van der Waals surface area contributed by atoms with Crippen molar-refractivity contribution in [1.29, 1.82) is 0 Å². The number of rotatable bonds is 2. The quantitative estimate of drug-likeness (QED) is 0.844. The van der Waals surface area contributed by atoms with Gasteiger partial charge in [-0.25, -0.2) is 8.42 Å². The standard InChI is InChI=1S/C11H14BrClN2O2S.ClH/c1-7-5-15(6-10(7)14)18(16,17)11-8(12)3-2-4-9(11)13;/h2-4,7,10H,5-6,14H2,1H3;1H. The van der Waals surface area contributed by atoms with Gasteiger partial charge < -0.3 is 5.73 Å². The summed E-state index contributed by atoms with van der Waals surface area (Å²) in [6.07, 6.45) is 0. The molecule has 0 saturated carbocycles. The van der Waals surface area contributed by atoms with Gasteiger partial charge in [0, 0.05) is 23.6 Å². The van der Waals surface area contributed by atoms with E-state index in [4.69, 9.17) is 17.3 Å². The molecule has 0 aromatic heterocycles. The lowest BCUT2D eigenvalue weighted by atomic mass is 10.1. The highest BCUT2D eigenvalue weighted by Crippen LogP contribution is 2.33. The summed E-state index contributed by atoms with van der Waals surface area (Å²) in [5.41, 5.74) is 5.87. The Morgan fingerprint density at radius 1 is 1.42 bits per heavy atom. The van der Waals surface area contributed by atoms with Gasteiger partial charge in [0.2, 0.25) is 10.0 Å². The third-order valence-electron chi connectivity index (χ3n) is 3.15. The second-order valence-corrected chi connectivity index (χ2v) is 7.65. The summed E-state index contributed by atoms with van der Waals surface area (Å²) in [4.78, 5) is 0.118. The summed E-state index contributed by atoms with van der Waals surface area (Å²) in [7, 11) is -3.59. The van der Waals surface area contributed by atoms with Gasteiger partial charge in [0.25, 0.3) is 0 Å². The van der Waals surface area contributed by atoms with E-state index in [0.717, 1.165) is 0 Å². The summed E-state index contributed by atoms with van der Waals surface area (Å²) < 4.78 is 26.9. The SMILES string of the molecule is CC1CN(S(=O)(=O)c2c(Cl)cccc2Br)CC1N.Cl. The second-order valence-electron chi connectivity index (χ2n) is 4.51. The molecule has 0 bridgehead atoms. The predicted molar refractivity (Wildman–Crippen MR) is 82.3 cm³/mol. The molecular formula is C11H15BrCl2N2O2S. The van der Waals surface area contributed by atoms with Crippen LogP contribution in [0.3, 0.4) is 0 Å². The predicted octanol–water partition coefficient (Wildman–Crippen LogP) is 2.49. The number of halogens is 3. The van der Waals surface area contributed by atoms with Gasteiger partial charge in [0.05, 0.1) is 5.02 Å². The number of hydrogen-bond acceptors (Lipinski definition) is 3. The van der Waals surface area contributed by atoms with Crippen LogP contribution in [0.4, 0.5) is 0 Å². The number of hydrogen-bond donors (Lipinski definition) is 1. The van der Waals surface area contributed by atoms with Crippen LogP contribution in [-0.4, -0.2) is 31.9 Å². The smallest absolute Gasteiger partial charge is 0.245 e. The first-order valence-electron chi connectivity index (χ1n) is 5.53. The highest BCUT2D eigenvalue weighted by molar-refractivity contribution is 9.10. The molecule has 1 fully saturated rings. The van der Waals surface area contributed by atoms with Crippen molar-refractivity contribution in [2.45, 2.75) is 17.9 Å². The van der Waals surface area contributed by atoms with Crippen LogP contribution in [0.1, 0.15) is 6.92 Å². The van der Waals surface area contributed by atoms with E-state index in [2.05, 4.69) is 15.9 Å². The van der Waals surface area contributed by atoms with Crippen molar-refractivity contribution in [3.05, 3.63) is 27.7 Å². The van der Waals surface area contributed by atoms with Crippen LogP contribution in [0.5, 0.6) is 0 Å². The van der Waals surface area contributed by atoms with Gasteiger partial charge in [0.15, 0.2) is 0 Å². The van der Waals surface area contributed by atoms with Crippen molar-refractivity contribution in [3.63, 3.8) is 0 Å². The Balaban J connectivity index is 0.00000180. The lowest BCUT2D eigenvalue weighted by Crippen LogP contribution is -2.32. The van der Waals surface area contributed by atoms with Crippen molar-refractivity contribution in [3.8, 4) is 0 Å². The number of nitrogens with two attached hydrogens (primary N) is 1. The molecule has 19 heavy (non-hydrogen) atoms. The minimum absolute atomic E-state index is 0. The third-order valence-corrected chi connectivity index (χ3v) is 6.44. The van der Waals surface area contributed by atoms with E-state index in [1.807, 2.05) is 6.92 Å². The Labute approximate surface area is 132 Å². The first-order chi connectivity index (χ1) is 8.34. The molecule has 2 N–H and O–H groups in total. The maximum atomic E-state index is 12.5. The summed E-state index contributed by atoms with van der Waals surface area (Å²) >= 11 is 9.24. The minimum atomic E-state index is -3.59. The normalized spacial score (nSPS) is 24.2. The maximum absolute atomic E-state index is 12.5. The molecule has 1 heterocycles. The van der Waals surface area contributed by atoms with Crippen LogP contribution in [0.25, 0.3) is 0 Å². The van der Waals surface area contributed by atoms with E-state index in [1.54, 1.807) is 18.2 Å². The van der Waals surface area contributed by atoms with Gasteiger partial charge in [-0.15, -0.1) is 12.4 Å². The Bertz CT molecular complexity index is 538. The molecule has 0 radical (unpaired) electrons. The van der Waals surface area contributed by atoms with Crippen LogP contribution >= 0.6 is 39.9 Å². The summed E-state index contributed by atoms with van der Waals surface area (Å²) in [5, 5.41) is 0.220. The van der Waals surface area contributed by atoms with E-state index in [-0.39, 0.29) is 34.3 Å². The molecule has 1 aromatic carbocycles. The van der Waals surface area contributed by atoms with Crippen molar-refractivity contribution in [2.24, 2.45) is 11.7 Å². The first-order valence-corrected chi connectivity index (χ1v) is 8.15. The number of benzene rings is 1. The van der Waals surface area contributed by atoms with E-state index in [0.29, 0.717) is 17.6 Å². The molecule has 1 aliphatic heterocycles. The molecule has 0 aliphatic carbocycles. The van der Waals surface area contributed by atoms with E-state index in [1.165, 1.54) is 4.31 Å². The van der Waals surface area contributed by atoms with Gasteiger partial charge in [-0.2, -0.15) is 4.31 Å². The highest BCUT2D eigenvalue weighted by atomic mass is 79.9. The van der Waals surface area contributed by atoms with Crippen LogP contribution in [0.2, 0.25) is 5.02 Å². The van der Waals surface area contributed by atoms with Gasteiger partial charge in [-0.1, -0.05) is 24.6 Å². The van der Waals surface area contributed by atoms with Crippen molar-refractivity contribution in [2.75, 3.05) is 13.1 Å². The van der Waals surface area contributed by atoms with Gasteiger partial charge >= 0.3 is 0 Å². The molecule has 108 valence electrons. The molecule has 0 spiro atoms. The monoisotopic (exact) mass is 388 g/mol. The van der Waals surface area contributed by atoms with Crippen molar-refractivity contribution >= 4 is 50.0 Å². The molecule has 1 saturated heterocycles. The van der Waals surface area contributed by atoms with Crippen molar-refractivity contribution in [1.82, 2.24) is 4.31 Å². The third kappa shape index (κ3) is 3.25. The molecule has 8 heteroatoms. The zero-order valence-corrected chi connectivity index (χ0v) is 14.2. The molecular weight excluding hydrogens is 375 g/mol.